The summed E-state index contributed by atoms with van der Waals surface area (Å²) in [6, 6.07) is 2.21. The third kappa shape index (κ3) is 3.30. The number of hydrogen-bond acceptors (Lipinski definition) is 6. The highest BCUT2D eigenvalue weighted by Crippen LogP contribution is 2.41. The van der Waals surface area contributed by atoms with Crippen LogP contribution in [0.1, 0.15) is 27.6 Å². The van der Waals surface area contributed by atoms with Crippen LogP contribution in [0.3, 0.4) is 0 Å². The van der Waals surface area contributed by atoms with Crippen molar-refractivity contribution < 1.29 is 9.47 Å². The highest BCUT2D eigenvalue weighted by molar-refractivity contribution is 7.10. The molecular formula is C18H24N2O2S2. The van der Waals surface area contributed by atoms with Crippen LogP contribution in [0.2, 0.25) is 0 Å². The summed E-state index contributed by atoms with van der Waals surface area (Å²) < 4.78 is 12.1. The van der Waals surface area contributed by atoms with Crippen LogP contribution in [0.5, 0.6) is 0 Å². The molecule has 0 unspecified atom stereocenters. The number of thiophene rings is 1. The smallest absolute Gasteiger partial charge is 0.0985 e. The van der Waals surface area contributed by atoms with Gasteiger partial charge in [0.2, 0.25) is 0 Å². The van der Waals surface area contributed by atoms with Crippen LogP contribution in [0.15, 0.2) is 16.8 Å². The molecule has 130 valence electrons. The van der Waals surface area contributed by atoms with Crippen LogP contribution in [-0.4, -0.2) is 41.8 Å². The Bertz CT molecular complexity index is 691. The van der Waals surface area contributed by atoms with Crippen molar-refractivity contribution in [3.63, 3.8) is 0 Å². The van der Waals surface area contributed by atoms with E-state index in [0.717, 1.165) is 50.0 Å². The lowest BCUT2D eigenvalue weighted by Crippen LogP contribution is -2.64. The van der Waals surface area contributed by atoms with Crippen LogP contribution < -0.4 is 0 Å². The van der Waals surface area contributed by atoms with Gasteiger partial charge in [0.1, 0.15) is 0 Å². The van der Waals surface area contributed by atoms with Crippen LogP contribution in [0, 0.1) is 19.8 Å². The Labute approximate surface area is 151 Å². The number of thiazole rings is 1. The summed E-state index contributed by atoms with van der Waals surface area (Å²) in [6.45, 7) is 9.63. The van der Waals surface area contributed by atoms with Crippen LogP contribution in [0.25, 0.3) is 0 Å². The Morgan fingerprint density at radius 1 is 1.38 bits per heavy atom. The molecule has 0 aromatic carbocycles. The molecule has 2 saturated heterocycles. The molecule has 0 radical (unpaired) electrons. The van der Waals surface area contributed by atoms with Crippen molar-refractivity contribution >= 4 is 22.7 Å². The average Bonchev–Trinajstić information content (AvgIpc) is 3.22. The lowest BCUT2D eigenvalue weighted by atomic mass is 9.81. The second kappa shape index (κ2) is 6.84. The van der Waals surface area contributed by atoms with E-state index in [1.165, 1.54) is 10.4 Å². The Morgan fingerprint density at radius 3 is 2.96 bits per heavy atom. The summed E-state index contributed by atoms with van der Waals surface area (Å²) in [5.74, 6) is 0.512. The van der Waals surface area contributed by atoms with Gasteiger partial charge in [-0.15, -0.1) is 22.7 Å². The Hall–Kier alpha value is -0.790. The first kappa shape index (κ1) is 16.7. The largest absolute Gasteiger partial charge is 0.375 e. The number of rotatable bonds is 6. The van der Waals surface area contributed by atoms with Gasteiger partial charge in [-0.3, -0.25) is 4.90 Å². The molecule has 4 heterocycles. The summed E-state index contributed by atoms with van der Waals surface area (Å²) in [4.78, 5) is 8.44. The molecule has 2 fully saturated rings. The molecule has 1 spiro atoms. The van der Waals surface area contributed by atoms with Crippen molar-refractivity contribution in [1.29, 1.82) is 0 Å². The monoisotopic (exact) mass is 364 g/mol. The van der Waals surface area contributed by atoms with Gasteiger partial charge in [-0.1, -0.05) is 0 Å². The summed E-state index contributed by atoms with van der Waals surface area (Å²) >= 11 is 3.54. The molecule has 4 nitrogen and oxygen atoms in total. The molecule has 1 atom stereocenters. The highest BCUT2D eigenvalue weighted by Gasteiger charge is 2.52. The van der Waals surface area contributed by atoms with Crippen LogP contribution in [0.4, 0.5) is 0 Å². The quantitative estimate of drug-likeness (QED) is 0.784. The standard InChI is InChI=1S/C18H24N2O2S2/c1-13-4-6-23-17(13)7-20-11-18(12-20)15(3-5-22-18)8-21-9-16-10-24-14(2)19-16/h4,6,10,15H,3,5,7-9,11-12H2,1-2H3/t15-/m0/s1. The number of likely N-dealkylation sites (tertiary alicyclic amines) is 1. The first-order chi connectivity index (χ1) is 11.6. The lowest BCUT2D eigenvalue weighted by molar-refractivity contribution is -0.146. The predicted molar refractivity (Wildman–Crippen MR) is 97.6 cm³/mol. The minimum atomic E-state index is 0.0309. The van der Waals surface area contributed by atoms with Crippen LogP contribution in [-0.2, 0) is 22.6 Å². The van der Waals surface area contributed by atoms with E-state index in [0.29, 0.717) is 12.5 Å². The van der Waals surface area contributed by atoms with E-state index in [1.807, 2.05) is 18.3 Å². The fourth-order valence-electron chi connectivity index (χ4n) is 3.74. The second-order valence-electron chi connectivity index (χ2n) is 6.94. The minimum Gasteiger partial charge on any atom is -0.375 e. The molecule has 6 heteroatoms. The summed E-state index contributed by atoms with van der Waals surface area (Å²) in [7, 11) is 0. The third-order valence-electron chi connectivity index (χ3n) is 5.15. The van der Waals surface area contributed by atoms with E-state index < -0.39 is 0 Å². The number of aromatic nitrogens is 1. The van der Waals surface area contributed by atoms with Gasteiger partial charge in [0, 0.05) is 42.4 Å². The zero-order valence-electron chi connectivity index (χ0n) is 14.3. The maximum atomic E-state index is 6.14. The van der Waals surface area contributed by atoms with Crippen LogP contribution >= 0.6 is 22.7 Å². The summed E-state index contributed by atoms with van der Waals surface area (Å²) in [5, 5.41) is 5.38. The van der Waals surface area contributed by atoms with Gasteiger partial charge < -0.3 is 9.47 Å². The Kier molecular flexibility index (Phi) is 4.75. The van der Waals surface area contributed by atoms with Crippen molar-refractivity contribution in [1.82, 2.24) is 9.88 Å². The molecule has 0 amide bonds. The zero-order valence-corrected chi connectivity index (χ0v) is 15.9. The van der Waals surface area contributed by atoms with Crippen molar-refractivity contribution in [2.24, 2.45) is 5.92 Å². The molecule has 2 aliphatic rings. The SMILES string of the molecule is Cc1nc(COC[C@@H]2CCOC23CN(Cc2sccc2C)C3)cs1. The van der Waals surface area contributed by atoms with E-state index in [9.17, 15) is 0 Å². The number of aryl methyl sites for hydroxylation is 2. The number of hydrogen-bond donors (Lipinski definition) is 0. The normalized spacial score (nSPS) is 23.0. The fraction of sp³-hybridized carbons (Fsp3) is 0.611. The molecule has 0 bridgehead atoms. The third-order valence-corrected chi connectivity index (χ3v) is 6.98. The molecule has 0 N–H and O–H groups in total. The molecule has 2 aromatic rings. The van der Waals surface area contributed by atoms with Gasteiger partial charge >= 0.3 is 0 Å². The van der Waals surface area contributed by atoms with Gasteiger partial charge in [-0.25, -0.2) is 4.98 Å². The molecule has 24 heavy (non-hydrogen) atoms. The van der Waals surface area contributed by atoms with Crippen molar-refractivity contribution in [2.75, 3.05) is 26.3 Å². The van der Waals surface area contributed by atoms with Gasteiger partial charge in [-0.05, 0) is 37.3 Å². The van der Waals surface area contributed by atoms with E-state index in [1.54, 1.807) is 11.3 Å². The fourth-order valence-corrected chi connectivity index (χ4v) is 5.29. The highest BCUT2D eigenvalue weighted by atomic mass is 32.1. The van der Waals surface area contributed by atoms with Crippen molar-refractivity contribution in [3.05, 3.63) is 38.0 Å². The Morgan fingerprint density at radius 2 is 2.25 bits per heavy atom. The second-order valence-corrected chi connectivity index (χ2v) is 9.01. The summed E-state index contributed by atoms with van der Waals surface area (Å²) in [5.41, 5.74) is 2.49. The summed E-state index contributed by atoms with van der Waals surface area (Å²) in [6.07, 6.45) is 1.11. The van der Waals surface area contributed by atoms with E-state index in [4.69, 9.17) is 9.47 Å². The average molecular weight is 365 g/mol. The van der Waals surface area contributed by atoms with Gasteiger partial charge in [0.25, 0.3) is 0 Å². The van der Waals surface area contributed by atoms with E-state index >= 15 is 0 Å². The van der Waals surface area contributed by atoms with E-state index in [-0.39, 0.29) is 5.60 Å². The molecule has 2 aliphatic heterocycles. The molecular weight excluding hydrogens is 340 g/mol. The number of ether oxygens (including phenoxy) is 2. The minimum absolute atomic E-state index is 0.0309. The first-order valence-corrected chi connectivity index (χ1v) is 10.3. The van der Waals surface area contributed by atoms with Gasteiger partial charge in [0.15, 0.2) is 0 Å². The van der Waals surface area contributed by atoms with Crippen molar-refractivity contribution in [2.45, 2.75) is 39.0 Å². The van der Waals surface area contributed by atoms with Gasteiger partial charge in [-0.2, -0.15) is 0 Å². The lowest BCUT2D eigenvalue weighted by Gasteiger charge is -2.50. The number of nitrogens with zero attached hydrogens (tertiary/aromatic N) is 2. The van der Waals surface area contributed by atoms with Crippen molar-refractivity contribution in [3.8, 4) is 0 Å². The Balaban J connectivity index is 1.27. The topological polar surface area (TPSA) is 34.6 Å². The van der Waals surface area contributed by atoms with E-state index in [2.05, 4.69) is 33.6 Å². The maximum absolute atomic E-state index is 6.14. The molecule has 4 rings (SSSR count). The molecule has 0 aliphatic carbocycles. The predicted octanol–water partition coefficient (Wildman–Crippen LogP) is 3.63. The molecule has 2 aromatic heterocycles. The molecule has 0 saturated carbocycles. The maximum Gasteiger partial charge on any atom is 0.0985 e. The zero-order chi connectivity index (χ0) is 16.6. The van der Waals surface area contributed by atoms with Gasteiger partial charge in [0.05, 0.1) is 29.5 Å². The first-order valence-electron chi connectivity index (χ1n) is 8.53.